The Morgan fingerprint density at radius 3 is 2.67 bits per heavy atom. The molecule has 0 saturated heterocycles. The molecular formula is C22H22N2O3. The third-order valence-corrected chi connectivity index (χ3v) is 5.14. The van der Waals surface area contributed by atoms with Crippen LogP contribution in [0.25, 0.3) is 6.08 Å². The Morgan fingerprint density at radius 1 is 1.11 bits per heavy atom. The quantitative estimate of drug-likeness (QED) is 0.908. The number of nitrogens with one attached hydrogen (secondary N) is 1. The monoisotopic (exact) mass is 362 g/mol. The van der Waals surface area contributed by atoms with Gasteiger partial charge in [-0.2, -0.15) is 0 Å². The first-order chi connectivity index (χ1) is 13.1. The molecular weight excluding hydrogens is 340 g/mol. The number of hydrogen-bond donors (Lipinski definition) is 1. The van der Waals surface area contributed by atoms with E-state index in [1.807, 2.05) is 54.6 Å². The molecule has 4 rings (SSSR count). The van der Waals surface area contributed by atoms with Gasteiger partial charge in [-0.3, -0.25) is 9.59 Å². The highest BCUT2D eigenvalue weighted by molar-refractivity contribution is 5.82. The molecule has 2 heterocycles. The van der Waals surface area contributed by atoms with Crippen LogP contribution >= 0.6 is 0 Å². The van der Waals surface area contributed by atoms with Crippen molar-refractivity contribution in [2.75, 3.05) is 6.61 Å². The Bertz CT molecular complexity index is 906. The zero-order valence-corrected chi connectivity index (χ0v) is 15.2. The van der Waals surface area contributed by atoms with E-state index in [2.05, 4.69) is 5.32 Å². The Balaban J connectivity index is 1.54. The summed E-state index contributed by atoms with van der Waals surface area (Å²) in [6, 6.07) is 15.3. The van der Waals surface area contributed by atoms with Crippen LogP contribution in [0.5, 0.6) is 5.75 Å². The number of fused-ring (bicyclic) bond motifs is 2. The number of hydrogen-bond acceptors (Lipinski definition) is 3. The lowest BCUT2D eigenvalue weighted by Gasteiger charge is -2.33. The van der Waals surface area contributed by atoms with E-state index in [1.165, 1.54) is 6.92 Å². The van der Waals surface area contributed by atoms with Crippen LogP contribution in [0.1, 0.15) is 48.5 Å². The predicted molar refractivity (Wildman–Crippen MR) is 103 cm³/mol. The fourth-order valence-corrected chi connectivity index (χ4v) is 3.83. The molecule has 0 unspecified atom stereocenters. The lowest BCUT2D eigenvalue weighted by atomic mass is 9.93. The highest BCUT2D eigenvalue weighted by Gasteiger charge is 2.30. The second-order valence-electron chi connectivity index (χ2n) is 6.89. The number of benzene rings is 2. The van der Waals surface area contributed by atoms with Crippen LogP contribution < -0.4 is 10.1 Å². The first-order valence-electron chi connectivity index (χ1n) is 9.20. The van der Waals surface area contributed by atoms with E-state index in [4.69, 9.17) is 4.74 Å². The number of nitrogens with zero attached hydrogens (tertiary/aromatic N) is 1. The summed E-state index contributed by atoms with van der Waals surface area (Å²) < 4.78 is 5.67. The van der Waals surface area contributed by atoms with Crippen molar-refractivity contribution in [1.29, 1.82) is 0 Å². The molecule has 2 atom stereocenters. The first-order valence-corrected chi connectivity index (χ1v) is 9.20. The number of carbonyl (C=O) groups is 2. The molecule has 5 nitrogen and oxygen atoms in total. The maximum absolute atomic E-state index is 12.9. The summed E-state index contributed by atoms with van der Waals surface area (Å²) in [5, 5.41) is 3.13. The second-order valence-corrected chi connectivity index (χ2v) is 6.89. The van der Waals surface area contributed by atoms with Gasteiger partial charge >= 0.3 is 0 Å². The molecule has 1 N–H and O–H groups in total. The van der Waals surface area contributed by atoms with E-state index in [0.29, 0.717) is 6.61 Å². The summed E-state index contributed by atoms with van der Waals surface area (Å²) in [7, 11) is 0. The van der Waals surface area contributed by atoms with Gasteiger partial charge < -0.3 is 15.0 Å². The predicted octanol–water partition coefficient (Wildman–Crippen LogP) is 3.59. The Kier molecular flexibility index (Phi) is 4.67. The van der Waals surface area contributed by atoms with Gasteiger partial charge in [0.05, 0.1) is 25.1 Å². The Labute approximate surface area is 158 Å². The minimum atomic E-state index is -0.293. The maximum atomic E-state index is 12.9. The van der Waals surface area contributed by atoms with Crippen LogP contribution in [-0.2, 0) is 9.59 Å². The molecule has 0 aliphatic carbocycles. The molecule has 2 aromatic carbocycles. The molecule has 2 amide bonds. The average Bonchev–Trinajstić information content (AvgIpc) is 2.68. The van der Waals surface area contributed by atoms with Crippen molar-refractivity contribution in [2.45, 2.75) is 31.8 Å². The fourth-order valence-electron chi connectivity index (χ4n) is 3.83. The van der Waals surface area contributed by atoms with Gasteiger partial charge in [0.2, 0.25) is 11.8 Å². The van der Waals surface area contributed by atoms with Crippen molar-refractivity contribution < 1.29 is 14.3 Å². The number of carbonyl (C=O) groups excluding carboxylic acids is 2. The van der Waals surface area contributed by atoms with Gasteiger partial charge in [0.15, 0.2) is 0 Å². The van der Waals surface area contributed by atoms with Crippen molar-refractivity contribution in [3.05, 3.63) is 71.4 Å². The summed E-state index contributed by atoms with van der Waals surface area (Å²) in [5.74, 6) is 0.679. The molecule has 5 heteroatoms. The first kappa shape index (κ1) is 17.3. The summed E-state index contributed by atoms with van der Waals surface area (Å²) >= 11 is 0. The Morgan fingerprint density at radius 2 is 1.85 bits per heavy atom. The fraction of sp³-hybridized carbons (Fsp3) is 0.273. The normalized spacial score (nSPS) is 20.3. The average molecular weight is 362 g/mol. The van der Waals surface area contributed by atoms with Gasteiger partial charge in [0, 0.05) is 25.1 Å². The largest absolute Gasteiger partial charge is 0.493 e. The van der Waals surface area contributed by atoms with Gasteiger partial charge in [0.25, 0.3) is 0 Å². The second kappa shape index (κ2) is 7.27. The van der Waals surface area contributed by atoms with Crippen molar-refractivity contribution in [1.82, 2.24) is 10.2 Å². The summed E-state index contributed by atoms with van der Waals surface area (Å²) in [6.07, 6.45) is 4.65. The highest BCUT2D eigenvalue weighted by Crippen LogP contribution is 2.34. The van der Waals surface area contributed by atoms with Gasteiger partial charge in [-0.1, -0.05) is 42.5 Å². The van der Waals surface area contributed by atoms with E-state index in [9.17, 15) is 9.59 Å². The molecule has 2 aliphatic rings. The molecule has 0 spiro atoms. The van der Waals surface area contributed by atoms with E-state index in [-0.39, 0.29) is 30.3 Å². The van der Waals surface area contributed by atoms with Crippen molar-refractivity contribution >= 4 is 17.9 Å². The summed E-state index contributed by atoms with van der Waals surface area (Å²) in [6.45, 7) is 2.11. The van der Waals surface area contributed by atoms with Crippen LogP contribution in [0.15, 0.2) is 54.7 Å². The van der Waals surface area contributed by atoms with Crippen molar-refractivity contribution in [3.8, 4) is 5.75 Å². The molecule has 138 valence electrons. The molecule has 0 radical (unpaired) electrons. The van der Waals surface area contributed by atoms with E-state index < -0.39 is 0 Å². The van der Waals surface area contributed by atoms with Crippen LogP contribution in [0.4, 0.5) is 0 Å². The van der Waals surface area contributed by atoms with Crippen LogP contribution in [0, 0.1) is 0 Å². The highest BCUT2D eigenvalue weighted by atomic mass is 16.5. The number of amides is 2. The molecule has 27 heavy (non-hydrogen) atoms. The third kappa shape index (κ3) is 3.45. The zero-order chi connectivity index (χ0) is 18.8. The topological polar surface area (TPSA) is 58.6 Å². The number of para-hydroxylation sites is 1. The van der Waals surface area contributed by atoms with E-state index in [0.717, 1.165) is 28.9 Å². The van der Waals surface area contributed by atoms with Gasteiger partial charge in [-0.15, -0.1) is 0 Å². The molecule has 2 aliphatic heterocycles. The third-order valence-electron chi connectivity index (χ3n) is 5.14. The van der Waals surface area contributed by atoms with Crippen LogP contribution in [0.3, 0.4) is 0 Å². The molecule has 0 aromatic heterocycles. The minimum absolute atomic E-state index is 0.0670. The molecule has 0 fully saturated rings. The zero-order valence-electron chi connectivity index (χ0n) is 15.2. The van der Waals surface area contributed by atoms with E-state index >= 15 is 0 Å². The maximum Gasteiger partial charge on any atom is 0.223 e. The lowest BCUT2D eigenvalue weighted by Crippen LogP contribution is -2.37. The van der Waals surface area contributed by atoms with Crippen molar-refractivity contribution in [2.24, 2.45) is 0 Å². The van der Waals surface area contributed by atoms with Crippen LogP contribution in [-0.4, -0.2) is 23.3 Å². The Hall–Kier alpha value is -3.08. The summed E-state index contributed by atoms with van der Waals surface area (Å²) in [5.41, 5.74) is 3.05. The van der Waals surface area contributed by atoms with Gasteiger partial charge in [0.1, 0.15) is 5.75 Å². The molecule has 0 bridgehead atoms. The number of rotatable bonds is 3. The number of ether oxygens (including phenoxy) is 1. The van der Waals surface area contributed by atoms with Gasteiger partial charge in [-0.25, -0.2) is 0 Å². The smallest absolute Gasteiger partial charge is 0.223 e. The minimum Gasteiger partial charge on any atom is -0.493 e. The SMILES string of the molecule is CC(=O)N1C=Cc2ccccc2[C@@H]1CC(=O)N[C@@H]1CCOc2ccccc21. The standard InChI is InChI=1S/C22H22N2O3/c1-15(25)24-12-10-16-6-2-3-7-17(16)20(24)14-22(26)23-19-11-13-27-21-9-5-4-8-18(19)21/h2-10,12,19-20H,11,13-14H2,1H3,(H,23,26)/t19-,20+/m1/s1. The summed E-state index contributed by atoms with van der Waals surface area (Å²) in [4.78, 5) is 26.6. The van der Waals surface area contributed by atoms with E-state index in [1.54, 1.807) is 11.1 Å². The molecule has 2 aromatic rings. The van der Waals surface area contributed by atoms with Gasteiger partial charge in [-0.05, 0) is 23.3 Å². The molecule has 0 saturated carbocycles. The lowest BCUT2D eigenvalue weighted by molar-refractivity contribution is -0.130. The van der Waals surface area contributed by atoms with Crippen LogP contribution in [0.2, 0.25) is 0 Å². The van der Waals surface area contributed by atoms with Crippen molar-refractivity contribution in [3.63, 3.8) is 0 Å².